The highest BCUT2D eigenvalue weighted by atomic mass is 33.1. The van der Waals surface area contributed by atoms with E-state index in [1.165, 1.54) is 24.3 Å². The summed E-state index contributed by atoms with van der Waals surface area (Å²) in [4.78, 5) is 176. The van der Waals surface area contributed by atoms with E-state index in [0.29, 0.717) is 34.0 Å². The normalized spacial score (nSPS) is 21.9. The number of carbonyl (C=O) groups excluding carboxylic acids is 8. The zero-order valence-electron chi connectivity index (χ0n) is 55.4. The standard InChI is InChI=1S/C65H90N14O19S2/c1-38(80)56-64(96)73-51(63(95)75-57(39(2)81)65(97)98)37-100-99-36-50(72-59(91)47(28-40-10-4-3-5-11-40)68-52(83)32-76-20-22-77(33-53(84)85)24-26-79(35-55(88)89)27-25-78(23-21-76)34-54(86)87)62(94)70-48(29-41-15-17-43(82)18-16-41)60(92)71-49(30-42-31-67-45-13-7-6-12-44(42)45)61(93)69-46(58(90)74-56)14-8-9-19-66/h3-7,10-13,15-18,31,38-39,46-51,56-57,67,80-82H,8-9,14,19-30,32-37,66H2,1-2H3,(H,68,83)(H,69,93)(H,70,94)(H,71,92)(H,72,91)(H,73,96)(H,74,90)(H,75,95)(H,84,85)(H,86,87)(H,88,89)(H,97,98)/t38-,39-,46-,47+,48-,49+,50+,51+,56-,57+/m1/s1. The van der Waals surface area contributed by atoms with E-state index < -0.39 is 163 Å². The predicted molar refractivity (Wildman–Crippen MR) is 367 cm³/mol. The molecule has 8 amide bonds. The van der Waals surface area contributed by atoms with Gasteiger partial charge in [0.2, 0.25) is 47.3 Å². The van der Waals surface area contributed by atoms with Gasteiger partial charge in [0.1, 0.15) is 48.0 Å². The van der Waals surface area contributed by atoms with Crippen molar-refractivity contribution in [1.82, 2.24) is 67.1 Å². The molecule has 3 aromatic carbocycles. The molecule has 0 saturated carbocycles. The van der Waals surface area contributed by atoms with Gasteiger partial charge in [0.15, 0.2) is 6.04 Å². The quantitative estimate of drug-likeness (QED) is 0.0215. The number of aromatic amines is 1. The molecular weight excluding hydrogens is 1340 g/mol. The predicted octanol–water partition coefficient (Wildman–Crippen LogP) is -3.37. The van der Waals surface area contributed by atoms with Crippen LogP contribution in [-0.4, -0.2) is 289 Å². The number of nitrogens with zero attached hydrogens (tertiary/aromatic N) is 4. The number of aliphatic hydroxyl groups is 2. The summed E-state index contributed by atoms with van der Waals surface area (Å²) in [5.74, 6) is -14.0. The lowest BCUT2D eigenvalue weighted by Crippen LogP contribution is -2.62. The number of fused-ring (bicyclic) bond motifs is 1. The van der Waals surface area contributed by atoms with Crippen LogP contribution in [0.5, 0.6) is 5.75 Å². The van der Waals surface area contributed by atoms with Crippen LogP contribution in [0.1, 0.15) is 49.8 Å². The monoisotopic (exact) mass is 1430 g/mol. The second kappa shape index (κ2) is 40.3. The number of para-hydroxylation sites is 1. The van der Waals surface area contributed by atoms with E-state index in [1.54, 1.807) is 80.4 Å². The lowest BCUT2D eigenvalue weighted by Gasteiger charge is -2.33. The van der Waals surface area contributed by atoms with Gasteiger partial charge in [0.05, 0.1) is 38.4 Å². The van der Waals surface area contributed by atoms with E-state index in [-0.39, 0.29) is 103 Å². The highest BCUT2D eigenvalue weighted by Gasteiger charge is 2.38. The molecule has 546 valence electrons. The van der Waals surface area contributed by atoms with Crippen LogP contribution in [0.4, 0.5) is 0 Å². The van der Waals surface area contributed by atoms with Crippen molar-refractivity contribution in [2.75, 3.05) is 96.6 Å². The first-order chi connectivity index (χ1) is 47.7. The number of rotatable bonds is 26. The number of unbranched alkanes of at least 4 members (excludes halogenated alkanes) is 1. The third-order valence-corrected chi connectivity index (χ3v) is 19.0. The smallest absolute Gasteiger partial charge is 0.328 e. The first-order valence-electron chi connectivity index (χ1n) is 32.5. The molecule has 2 saturated heterocycles. The summed E-state index contributed by atoms with van der Waals surface area (Å²) in [5.41, 5.74) is 7.96. The van der Waals surface area contributed by atoms with Crippen molar-refractivity contribution < 1.29 is 93.3 Å². The number of hydrogen-bond acceptors (Lipinski definition) is 22. The van der Waals surface area contributed by atoms with Crippen LogP contribution < -0.4 is 48.3 Å². The molecule has 33 nitrogen and oxygen atoms in total. The number of aliphatic carboxylic acids is 4. The van der Waals surface area contributed by atoms with E-state index in [0.717, 1.165) is 35.4 Å². The summed E-state index contributed by atoms with van der Waals surface area (Å²) >= 11 is 0. The number of aromatic nitrogens is 1. The van der Waals surface area contributed by atoms with Crippen LogP contribution in [0.2, 0.25) is 0 Å². The van der Waals surface area contributed by atoms with E-state index in [4.69, 9.17) is 5.73 Å². The van der Waals surface area contributed by atoms with Gasteiger partial charge >= 0.3 is 23.9 Å². The van der Waals surface area contributed by atoms with Crippen molar-refractivity contribution in [2.24, 2.45) is 5.73 Å². The molecule has 4 aromatic rings. The molecule has 0 radical (unpaired) electrons. The van der Waals surface area contributed by atoms with Crippen molar-refractivity contribution in [3.63, 3.8) is 0 Å². The average molecular weight is 1440 g/mol. The Morgan fingerprint density at radius 2 is 1.10 bits per heavy atom. The van der Waals surface area contributed by atoms with E-state index in [1.807, 2.05) is 0 Å². The Hall–Kier alpha value is -8.94. The average Bonchev–Trinajstić information content (AvgIpc) is 1.59. The number of nitrogens with two attached hydrogens (primary N) is 1. The molecule has 0 unspecified atom stereocenters. The van der Waals surface area contributed by atoms with Gasteiger partial charge in [-0.2, -0.15) is 0 Å². The van der Waals surface area contributed by atoms with Gasteiger partial charge in [-0.3, -0.25) is 72.3 Å². The molecule has 10 atom stereocenters. The third-order valence-electron chi connectivity index (χ3n) is 16.6. The molecule has 100 heavy (non-hydrogen) atoms. The number of aromatic hydroxyl groups is 1. The fourth-order valence-corrected chi connectivity index (χ4v) is 13.4. The molecule has 3 heterocycles. The Kier molecular flexibility index (Phi) is 32.3. The van der Waals surface area contributed by atoms with Crippen LogP contribution in [-0.2, 0) is 76.8 Å². The zero-order chi connectivity index (χ0) is 73.0. The maximum absolute atomic E-state index is 15.3. The van der Waals surface area contributed by atoms with Crippen LogP contribution in [0, 0.1) is 0 Å². The van der Waals surface area contributed by atoms with E-state index in [9.17, 15) is 78.9 Å². The molecular formula is C65H90N14O19S2. The van der Waals surface area contributed by atoms with Crippen molar-refractivity contribution in [2.45, 2.75) is 113 Å². The number of carbonyl (C=O) groups is 12. The van der Waals surface area contributed by atoms with Crippen molar-refractivity contribution in [3.05, 3.63) is 102 Å². The lowest BCUT2D eigenvalue weighted by molar-refractivity contribution is -0.145. The number of nitrogens with one attached hydrogen (secondary N) is 9. The molecule has 35 heteroatoms. The Balaban J connectivity index is 1.41. The fraction of sp³-hybridized carbons (Fsp3) is 0.508. The molecule has 0 spiro atoms. The molecule has 6 rings (SSSR count). The number of carboxylic acid groups (broad SMARTS) is 4. The number of hydrogen-bond donors (Lipinski definition) is 17. The highest BCUT2D eigenvalue weighted by Crippen LogP contribution is 2.25. The summed E-state index contributed by atoms with van der Waals surface area (Å²) in [6.45, 7) is 1.38. The Labute approximate surface area is 584 Å². The van der Waals surface area contributed by atoms with Crippen molar-refractivity contribution >= 4 is 104 Å². The Morgan fingerprint density at radius 1 is 0.580 bits per heavy atom. The minimum atomic E-state index is -1.91. The van der Waals surface area contributed by atoms with Gasteiger partial charge in [-0.05, 0) is 74.5 Å². The zero-order valence-corrected chi connectivity index (χ0v) is 57.1. The number of H-pyrrole nitrogens is 1. The SMILES string of the molecule is C[C@@H](O)[C@H](NC(=O)[C@@H]1CSSC[C@H](NC(=O)[C@H](Cc2ccccc2)NC(=O)CN2CCN(CC(=O)O)CCN(CC(=O)O)CCN(CC(=O)O)CC2)C(=O)N[C@H](Cc2ccc(O)cc2)C(=O)N[C@@H](Cc2c[nH]c3ccccc23)C(=O)N[C@H](CCCCN)C(=O)N[C@H]([C@@H](C)O)C(=O)N1)C(=O)O. The molecule has 0 aliphatic carbocycles. The maximum atomic E-state index is 15.3. The molecule has 2 aliphatic rings. The molecule has 1 aromatic heterocycles. The van der Waals surface area contributed by atoms with E-state index >= 15 is 14.4 Å². The van der Waals surface area contributed by atoms with Gasteiger partial charge in [-0.15, -0.1) is 0 Å². The number of phenolic OH excluding ortho intramolecular Hbond substituents is 1. The first kappa shape index (κ1) is 80.0. The molecule has 2 fully saturated rings. The minimum Gasteiger partial charge on any atom is -0.508 e. The maximum Gasteiger partial charge on any atom is 0.328 e. The van der Waals surface area contributed by atoms with Gasteiger partial charge in [0.25, 0.3) is 0 Å². The summed E-state index contributed by atoms with van der Waals surface area (Å²) in [6.07, 6.45) is -1.92. The van der Waals surface area contributed by atoms with Crippen LogP contribution in [0.15, 0.2) is 85.1 Å². The summed E-state index contributed by atoms with van der Waals surface area (Å²) in [7, 11) is 1.66. The van der Waals surface area contributed by atoms with Gasteiger partial charge < -0.3 is 89.0 Å². The lowest BCUT2D eigenvalue weighted by atomic mass is 10.0. The Bertz CT molecular complexity index is 3410. The highest BCUT2D eigenvalue weighted by molar-refractivity contribution is 8.76. The van der Waals surface area contributed by atoms with E-state index in [2.05, 4.69) is 47.5 Å². The summed E-state index contributed by atoms with van der Waals surface area (Å²) in [6, 6.07) is 7.92. The van der Waals surface area contributed by atoms with Crippen molar-refractivity contribution in [1.29, 1.82) is 0 Å². The number of benzene rings is 3. The number of carboxylic acids is 4. The van der Waals surface area contributed by atoms with Crippen LogP contribution in [0.25, 0.3) is 10.9 Å². The minimum absolute atomic E-state index is 0.0426. The Morgan fingerprint density at radius 3 is 1.65 bits per heavy atom. The number of aliphatic hydroxyl groups excluding tert-OH is 2. The fourth-order valence-electron chi connectivity index (χ4n) is 11.1. The second-order valence-electron chi connectivity index (χ2n) is 24.5. The summed E-state index contributed by atoms with van der Waals surface area (Å²) < 4.78 is 0. The van der Waals surface area contributed by atoms with Crippen molar-refractivity contribution in [3.8, 4) is 5.75 Å². The van der Waals surface area contributed by atoms with Crippen LogP contribution in [0.3, 0.4) is 0 Å². The summed E-state index contributed by atoms with van der Waals surface area (Å²) in [5, 5.41) is 92.4. The molecule has 0 bridgehead atoms. The molecule has 2 aliphatic heterocycles. The van der Waals surface area contributed by atoms with Gasteiger partial charge in [0, 0.05) is 100 Å². The van der Waals surface area contributed by atoms with Gasteiger partial charge in [-0.25, -0.2) is 4.79 Å². The largest absolute Gasteiger partial charge is 0.508 e. The topological polar surface area (TPSA) is 497 Å². The second-order valence-corrected chi connectivity index (χ2v) is 27.0. The number of phenols is 1. The first-order valence-corrected chi connectivity index (χ1v) is 35.0. The van der Waals surface area contributed by atoms with Gasteiger partial charge in [-0.1, -0.05) is 82.3 Å². The third kappa shape index (κ3) is 26.6. The van der Waals surface area contributed by atoms with Crippen LogP contribution >= 0.6 is 21.6 Å². The molecule has 18 N–H and O–H groups in total. The number of amides is 8.